The van der Waals surface area contributed by atoms with Crippen molar-refractivity contribution in [1.29, 1.82) is 0 Å². The summed E-state index contributed by atoms with van der Waals surface area (Å²) in [5, 5.41) is 10.7. The highest BCUT2D eigenvalue weighted by atomic mass is 32.2. The molecule has 0 spiro atoms. The van der Waals surface area contributed by atoms with Crippen LogP contribution in [0.3, 0.4) is 0 Å². The molecular formula is C31H41NO4S. The Morgan fingerprint density at radius 1 is 1.08 bits per heavy atom. The van der Waals surface area contributed by atoms with Crippen molar-refractivity contribution in [3.63, 3.8) is 0 Å². The lowest BCUT2D eigenvalue weighted by atomic mass is 9.99. The van der Waals surface area contributed by atoms with E-state index in [9.17, 15) is 5.11 Å². The number of aliphatic hydroxyl groups is 1. The number of thioether (sulfide) groups is 1. The molecule has 2 aliphatic carbocycles. The number of benzene rings is 1. The molecule has 1 saturated carbocycles. The lowest BCUT2D eigenvalue weighted by molar-refractivity contribution is 0.132. The van der Waals surface area contributed by atoms with Crippen molar-refractivity contribution in [1.82, 2.24) is 0 Å². The van der Waals surface area contributed by atoms with Gasteiger partial charge in [-0.1, -0.05) is 42.0 Å². The molecule has 5 nitrogen and oxygen atoms in total. The second kappa shape index (κ2) is 12.0. The van der Waals surface area contributed by atoms with Gasteiger partial charge in [-0.3, -0.25) is 0 Å². The Kier molecular flexibility index (Phi) is 8.91. The van der Waals surface area contributed by atoms with Gasteiger partial charge in [0.1, 0.15) is 17.6 Å². The Bertz CT molecular complexity index is 1170. The first-order chi connectivity index (χ1) is 17.7. The quantitative estimate of drug-likeness (QED) is 0.301. The molecule has 1 aromatic rings. The van der Waals surface area contributed by atoms with Crippen LogP contribution in [0.1, 0.15) is 60.3 Å². The second-order valence-corrected chi connectivity index (χ2v) is 11.7. The lowest BCUT2D eigenvalue weighted by Crippen LogP contribution is -2.28. The summed E-state index contributed by atoms with van der Waals surface area (Å²) in [5.74, 6) is 3.77. The number of methoxy groups -OCH3 is 2. The molecule has 0 amide bonds. The molecule has 1 aromatic carbocycles. The first kappa shape index (κ1) is 27.6. The molecule has 1 heterocycles. The number of ether oxygens (including phenoxy) is 3. The summed E-state index contributed by atoms with van der Waals surface area (Å²) in [4.78, 5) is 6.86. The number of aliphatic imine (C=N–C) groups is 1. The third kappa shape index (κ3) is 6.18. The molecule has 6 heteroatoms. The minimum atomic E-state index is -0.832. The fraction of sp³-hybridized carbons (Fsp3) is 0.516. The Labute approximate surface area is 226 Å². The highest BCUT2D eigenvalue weighted by molar-refractivity contribution is 8.04. The number of nitrogens with zero attached hydrogens (tertiary/aromatic N) is 1. The van der Waals surface area contributed by atoms with Crippen molar-refractivity contribution < 1.29 is 19.3 Å². The zero-order valence-electron chi connectivity index (χ0n) is 23.3. The van der Waals surface area contributed by atoms with Gasteiger partial charge in [0, 0.05) is 15.9 Å². The van der Waals surface area contributed by atoms with Gasteiger partial charge in [0.2, 0.25) is 0 Å². The number of fused-ring (bicyclic) bond motifs is 2. The fourth-order valence-electron chi connectivity index (χ4n) is 5.27. The normalized spacial score (nSPS) is 24.8. The van der Waals surface area contributed by atoms with Crippen molar-refractivity contribution in [2.75, 3.05) is 20.8 Å². The summed E-state index contributed by atoms with van der Waals surface area (Å²) < 4.78 is 17.3. The maximum absolute atomic E-state index is 10.7. The van der Waals surface area contributed by atoms with Gasteiger partial charge in [-0.15, -0.1) is 0 Å². The summed E-state index contributed by atoms with van der Waals surface area (Å²) >= 11 is 1.60. The predicted octanol–water partition coefficient (Wildman–Crippen LogP) is 7.75. The summed E-state index contributed by atoms with van der Waals surface area (Å²) in [5.41, 5.74) is 5.27. The molecule has 1 N–H and O–H groups in total. The van der Waals surface area contributed by atoms with Crippen LogP contribution in [0.5, 0.6) is 5.75 Å². The zero-order valence-corrected chi connectivity index (χ0v) is 24.1. The topological polar surface area (TPSA) is 60.3 Å². The smallest absolute Gasteiger partial charge is 0.186 e. The lowest BCUT2D eigenvalue weighted by Gasteiger charge is -2.30. The Balaban J connectivity index is 1.36. The monoisotopic (exact) mass is 523 g/mol. The summed E-state index contributed by atoms with van der Waals surface area (Å²) in [6.07, 6.45) is 8.60. The van der Waals surface area contributed by atoms with Crippen LogP contribution >= 0.6 is 11.8 Å². The third-order valence-electron chi connectivity index (χ3n) is 7.76. The molecule has 0 radical (unpaired) electrons. The van der Waals surface area contributed by atoms with Crippen molar-refractivity contribution >= 4 is 23.2 Å². The van der Waals surface area contributed by atoms with E-state index in [1.165, 1.54) is 17.6 Å². The molecule has 4 rings (SSSR count). The van der Waals surface area contributed by atoms with Gasteiger partial charge in [0.15, 0.2) is 11.5 Å². The van der Waals surface area contributed by atoms with Crippen LogP contribution in [0.25, 0.3) is 0 Å². The third-order valence-corrected chi connectivity index (χ3v) is 9.04. The van der Waals surface area contributed by atoms with Gasteiger partial charge in [-0.25, -0.2) is 4.99 Å². The van der Waals surface area contributed by atoms with E-state index in [1.807, 2.05) is 19.1 Å². The SMILES string of the molecule is COC1=C(OC)C(O)C(C)=C2Sc3ccc(OCC4C(C)C4CCC=C(C)CCC=C(C)C)cc3N=C12. The largest absolute Gasteiger partial charge is 0.494 e. The van der Waals surface area contributed by atoms with Crippen LogP contribution in [0.2, 0.25) is 0 Å². The molecule has 1 fully saturated rings. The van der Waals surface area contributed by atoms with Crippen LogP contribution in [-0.2, 0) is 9.47 Å². The van der Waals surface area contributed by atoms with E-state index in [1.54, 1.807) is 26.0 Å². The number of hydrogen-bond donors (Lipinski definition) is 1. The van der Waals surface area contributed by atoms with Gasteiger partial charge in [0.25, 0.3) is 0 Å². The Morgan fingerprint density at radius 3 is 2.57 bits per heavy atom. The van der Waals surface area contributed by atoms with E-state index in [4.69, 9.17) is 19.2 Å². The molecule has 37 heavy (non-hydrogen) atoms. The minimum absolute atomic E-state index is 0.394. The zero-order chi connectivity index (χ0) is 26.7. The second-order valence-electron chi connectivity index (χ2n) is 10.7. The standard InChI is InChI=1S/C31H41NO4S/c1-18(2)10-8-11-19(3)12-9-13-23-20(4)24(23)17-36-22-14-15-26-25(16-22)32-27-29(34-6)30(35-7)28(33)21(5)31(27)37-26/h10,12,14-16,20,23-24,28,33H,8-9,11,13,17H2,1-7H3. The molecule has 4 unspecified atom stereocenters. The van der Waals surface area contributed by atoms with E-state index in [2.05, 4.69) is 45.9 Å². The molecule has 0 aromatic heterocycles. The highest BCUT2D eigenvalue weighted by Gasteiger charge is 2.46. The van der Waals surface area contributed by atoms with Gasteiger partial charge < -0.3 is 19.3 Å². The van der Waals surface area contributed by atoms with E-state index < -0.39 is 6.10 Å². The Morgan fingerprint density at radius 2 is 1.86 bits per heavy atom. The van der Waals surface area contributed by atoms with Crippen molar-refractivity contribution in [3.8, 4) is 5.75 Å². The van der Waals surface area contributed by atoms with Crippen LogP contribution < -0.4 is 4.74 Å². The number of rotatable bonds is 11. The maximum atomic E-state index is 10.7. The van der Waals surface area contributed by atoms with E-state index in [-0.39, 0.29) is 0 Å². The first-order valence-electron chi connectivity index (χ1n) is 13.3. The predicted molar refractivity (Wildman–Crippen MR) is 152 cm³/mol. The van der Waals surface area contributed by atoms with Crippen molar-refractivity contribution in [2.45, 2.75) is 71.3 Å². The van der Waals surface area contributed by atoms with Crippen molar-refractivity contribution in [3.05, 3.63) is 63.5 Å². The van der Waals surface area contributed by atoms with Gasteiger partial charge in [-0.05, 0) is 88.8 Å². The van der Waals surface area contributed by atoms with Crippen molar-refractivity contribution in [2.24, 2.45) is 22.7 Å². The molecule has 200 valence electrons. The van der Waals surface area contributed by atoms with Crippen LogP contribution in [0.15, 0.2) is 73.4 Å². The van der Waals surface area contributed by atoms with Crippen LogP contribution in [-0.4, -0.2) is 37.7 Å². The van der Waals surface area contributed by atoms with E-state index in [0.717, 1.165) is 58.6 Å². The van der Waals surface area contributed by atoms with Crippen LogP contribution in [0.4, 0.5) is 5.69 Å². The minimum Gasteiger partial charge on any atom is -0.494 e. The highest BCUT2D eigenvalue weighted by Crippen LogP contribution is 2.50. The number of aliphatic hydroxyl groups excluding tert-OH is 1. The maximum Gasteiger partial charge on any atom is 0.186 e. The summed E-state index contributed by atoms with van der Waals surface area (Å²) in [7, 11) is 3.12. The fourth-order valence-corrected chi connectivity index (χ4v) is 6.34. The molecule has 3 aliphatic rings. The number of hydrogen-bond acceptors (Lipinski definition) is 6. The molecule has 4 atom stereocenters. The van der Waals surface area contributed by atoms with Gasteiger partial charge >= 0.3 is 0 Å². The Hall–Kier alpha value is -2.44. The molecular weight excluding hydrogens is 482 g/mol. The average Bonchev–Trinajstić information content (AvgIpc) is 3.50. The number of allylic oxidation sites excluding steroid dienone is 5. The first-order valence-corrected chi connectivity index (χ1v) is 14.1. The van der Waals surface area contributed by atoms with Crippen LogP contribution in [0, 0.1) is 17.8 Å². The van der Waals surface area contributed by atoms with Gasteiger partial charge in [-0.2, -0.15) is 0 Å². The van der Waals surface area contributed by atoms with Gasteiger partial charge in [0.05, 0.1) is 26.5 Å². The molecule has 1 aliphatic heterocycles. The molecule has 0 bridgehead atoms. The van der Waals surface area contributed by atoms with E-state index >= 15 is 0 Å². The summed E-state index contributed by atoms with van der Waals surface area (Å²) in [6.45, 7) is 11.6. The van der Waals surface area contributed by atoms with E-state index in [0.29, 0.717) is 29.1 Å². The molecule has 0 saturated heterocycles. The average molecular weight is 524 g/mol. The summed E-state index contributed by atoms with van der Waals surface area (Å²) in [6, 6.07) is 6.09.